The van der Waals surface area contributed by atoms with E-state index in [1.165, 1.54) is 6.20 Å². The van der Waals surface area contributed by atoms with E-state index >= 15 is 0 Å². The topological polar surface area (TPSA) is 61.3 Å². The summed E-state index contributed by atoms with van der Waals surface area (Å²) in [7, 11) is 0. The fourth-order valence-electron chi connectivity index (χ4n) is 1.30. The molecule has 0 aliphatic carbocycles. The monoisotopic (exact) mass is 244 g/mol. The van der Waals surface area contributed by atoms with Crippen molar-refractivity contribution in [2.24, 2.45) is 0 Å². The summed E-state index contributed by atoms with van der Waals surface area (Å²) >= 11 is 0. The van der Waals surface area contributed by atoms with E-state index in [2.05, 4.69) is 9.97 Å². The third-order valence-corrected chi connectivity index (χ3v) is 2.10. The summed E-state index contributed by atoms with van der Waals surface area (Å²) in [5, 5.41) is 0. The zero-order valence-corrected chi connectivity index (χ0v) is 9.87. The van der Waals surface area contributed by atoms with Crippen molar-refractivity contribution >= 4 is 5.97 Å². The van der Waals surface area contributed by atoms with E-state index in [0.717, 1.165) is 0 Å². The first kappa shape index (κ1) is 12.0. The summed E-state index contributed by atoms with van der Waals surface area (Å²) in [5.74, 6) is 0.600. The molecule has 2 aromatic rings. The van der Waals surface area contributed by atoms with Crippen LogP contribution in [0.25, 0.3) is 0 Å². The molecule has 18 heavy (non-hydrogen) atoms. The fourth-order valence-corrected chi connectivity index (χ4v) is 1.30. The Labute approximate surface area is 104 Å². The van der Waals surface area contributed by atoms with Crippen molar-refractivity contribution in [3.63, 3.8) is 0 Å². The number of aromatic nitrogens is 2. The van der Waals surface area contributed by atoms with Gasteiger partial charge in [-0.3, -0.25) is 4.98 Å². The van der Waals surface area contributed by atoms with Crippen molar-refractivity contribution in [2.75, 3.05) is 6.61 Å². The molecular formula is C13H12N2O3. The number of hydrogen-bond acceptors (Lipinski definition) is 5. The second-order valence-electron chi connectivity index (χ2n) is 3.40. The lowest BCUT2D eigenvalue weighted by Gasteiger charge is -2.04. The van der Waals surface area contributed by atoms with Gasteiger partial charge in [-0.2, -0.15) is 0 Å². The number of esters is 1. The number of carbonyl (C=O) groups excluding carboxylic acids is 1. The van der Waals surface area contributed by atoms with Crippen LogP contribution in [-0.2, 0) is 4.74 Å². The fraction of sp³-hybridized carbons (Fsp3) is 0.154. The predicted octanol–water partition coefficient (Wildman–Crippen LogP) is 2.45. The SMILES string of the molecule is CCOC(=O)c1ccc(Oc2cccnc2)nc1. The maximum Gasteiger partial charge on any atom is 0.339 e. The Morgan fingerprint density at radius 2 is 2.17 bits per heavy atom. The van der Waals surface area contributed by atoms with Crippen LogP contribution in [0.3, 0.4) is 0 Å². The molecule has 0 fully saturated rings. The molecule has 0 bridgehead atoms. The van der Waals surface area contributed by atoms with Gasteiger partial charge in [-0.15, -0.1) is 0 Å². The van der Waals surface area contributed by atoms with Crippen LogP contribution in [0, 0.1) is 0 Å². The van der Waals surface area contributed by atoms with Crippen LogP contribution in [-0.4, -0.2) is 22.5 Å². The lowest BCUT2D eigenvalue weighted by atomic mass is 10.3. The van der Waals surface area contributed by atoms with Crippen LogP contribution in [0.5, 0.6) is 11.6 Å². The van der Waals surface area contributed by atoms with Gasteiger partial charge in [-0.05, 0) is 25.1 Å². The van der Waals surface area contributed by atoms with Crippen molar-refractivity contribution in [1.29, 1.82) is 0 Å². The molecule has 0 atom stereocenters. The normalized spacial score (nSPS) is 9.83. The molecule has 0 aliphatic heterocycles. The Balaban J connectivity index is 2.06. The molecule has 0 spiro atoms. The van der Waals surface area contributed by atoms with Gasteiger partial charge in [0, 0.05) is 18.5 Å². The highest BCUT2D eigenvalue weighted by Crippen LogP contribution is 2.17. The number of nitrogens with zero attached hydrogens (tertiary/aromatic N) is 2. The highest BCUT2D eigenvalue weighted by atomic mass is 16.5. The average Bonchev–Trinajstić information content (AvgIpc) is 2.41. The number of rotatable bonds is 4. The summed E-state index contributed by atoms with van der Waals surface area (Å²) in [6.07, 6.45) is 4.66. The van der Waals surface area contributed by atoms with E-state index in [4.69, 9.17) is 9.47 Å². The Hall–Kier alpha value is -2.43. The molecule has 92 valence electrons. The van der Waals surface area contributed by atoms with E-state index in [1.807, 2.05) is 0 Å². The van der Waals surface area contributed by atoms with Crippen LogP contribution in [0.15, 0.2) is 42.9 Å². The number of carbonyl (C=O) groups is 1. The van der Waals surface area contributed by atoms with Gasteiger partial charge >= 0.3 is 5.97 Å². The maximum absolute atomic E-state index is 11.4. The molecule has 5 nitrogen and oxygen atoms in total. The molecule has 0 saturated carbocycles. The first-order valence-electron chi connectivity index (χ1n) is 5.50. The minimum absolute atomic E-state index is 0.340. The van der Waals surface area contributed by atoms with Crippen molar-refractivity contribution in [1.82, 2.24) is 9.97 Å². The number of hydrogen-bond donors (Lipinski definition) is 0. The van der Waals surface area contributed by atoms with Crippen molar-refractivity contribution in [3.05, 3.63) is 48.4 Å². The van der Waals surface area contributed by atoms with Gasteiger partial charge in [0.1, 0.15) is 5.75 Å². The van der Waals surface area contributed by atoms with E-state index in [9.17, 15) is 4.79 Å². The van der Waals surface area contributed by atoms with Gasteiger partial charge in [-0.25, -0.2) is 9.78 Å². The van der Waals surface area contributed by atoms with E-state index in [1.54, 1.807) is 43.6 Å². The third-order valence-electron chi connectivity index (χ3n) is 2.10. The second-order valence-corrected chi connectivity index (χ2v) is 3.40. The zero-order chi connectivity index (χ0) is 12.8. The summed E-state index contributed by atoms with van der Waals surface area (Å²) in [5.41, 5.74) is 0.399. The van der Waals surface area contributed by atoms with Gasteiger partial charge in [-0.1, -0.05) is 0 Å². The van der Waals surface area contributed by atoms with Crippen LogP contribution in [0.1, 0.15) is 17.3 Å². The Bertz CT molecular complexity index is 512. The molecule has 0 amide bonds. The summed E-state index contributed by atoms with van der Waals surface area (Å²) in [4.78, 5) is 19.4. The Morgan fingerprint density at radius 3 is 2.78 bits per heavy atom. The highest BCUT2D eigenvalue weighted by molar-refractivity contribution is 5.89. The largest absolute Gasteiger partial charge is 0.462 e. The molecule has 5 heteroatoms. The number of pyridine rings is 2. The molecule has 2 heterocycles. The van der Waals surface area contributed by atoms with E-state index in [0.29, 0.717) is 23.8 Å². The van der Waals surface area contributed by atoms with Crippen LogP contribution in [0.4, 0.5) is 0 Å². The first-order valence-corrected chi connectivity index (χ1v) is 5.50. The highest BCUT2D eigenvalue weighted by Gasteiger charge is 2.07. The lowest BCUT2D eigenvalue weighted by molar-refractivity contribution is 0.0526. The van der Waals surface area contributed by atoms with Crippen LogP contribution < -0.4 is 4.74 Å². The molecule has 0 aromatic carbocycles. The molecule has 0 radical (unpaired) electrons. The Morgan fingerprint density at radius 1 is 1.28 bits per heavy atom. The van der Waals surface area contributed by atoms with Gasteiger partial charge in [0.2, 0.25) is 5.88 Å². The summed E-state index contributed by atoms with van der Waals surface area (Å²) < 4.78 is 10.3. The molecule has 2 rings (SSSR count). The standard InChI is InChI=1S/C13H12N2O3/c1-2-17-13(16)10-5-6-12(15-8-10)18-11-4-3-7-14-9-11/h3-9H,2H2,1H3. The van der Waals surface area contributed by atoms with Crippen LogP contribution in [0.2, 0.25) is 0 Å². The predicted molar refractivity (Wildman–Crippen MR) is 64.5 cm³/mol. The number of ether oxygens (including phenoxy) is 2. The van der Waals surface area contributed by atoms with Gasteiger partial charge in [0.05, 0.1) is 18.4 Å². The minimum atomic E-state index is -0.391. The molecular weight excluding hydrogens is 232 g/mol. The summed E-state index contributed by atoms with van der Waals surface area (Å²) in [6, 6.07) is 6.76. The second kappa shape index (κ2) is 5.77. The smallest absolute Gasteiger partial charge is 0.339 e. The maximum atomic E-state index is 11.4. The molecule has 0 aliphatic rings. The molecule has 0 unspecified atom stereocenters. The van der Waals surface area contributed by atoms with E-state index < -0.39 is 5.97 Å². The molecule has 0 saturated heterocycles. The van der Waals surface area contributed by atoms with Gasteiger partial charge in [0.25, 0.3) is 0 Å². The minimum Gasteiger partial charge on any atom is -0.462 e. The molecule has 0 N–H and O–H groups in total. The van der Waals surface area contributed by atoms with Crippen LogP contribution >= 0.6 is 0 Å². The zero-order valence-electron chi connectivity index (χ0n) is 9.87. The van der Waals surface area contributed by atoms with Gasteiger partial charge in [0.15, 0.2) is 0 Å². The van der Waals surface area contributed by atoms with Crippen molar-refractivity contribution < 1.29 is 14.3 Å². The lowest BCUT2D eigenvalue weighted by Crippen LogP contribution is -2.04. The van der Waals surface area contributed by atoms with Gasteiger partial charge < -0.3 is 9.47 Å². The third kappa shape index (κ3) is 3.04. The molecule has 2 aromatic heterocycles. The van der Waals surface area contributed by atoms with Crippen molar-refractivity contribution in [2.45, 2.75) is 6.92 Å². The van der Waals surface area contributed by atoms with Crippen molar-refractivity contribution in [3.8, 4) is 11.6 Å². The first-order chi connectivity index (χ1) is 8.79. The average molecular weight is 244 g/mol. The quantitative estimate of drug-likeness (QED) is 0.773. The summed E-state index contributed by atoms with van der Waals surface area (Å²) in [6.45, 7) is 2.10. The Kier molecular flexibility index (Phi) is 3.86. The van der Waals surface area contributed by atoms with E-state index in [-0.39, 0.29) is 0 Å².